The second-order valence-electron chi connectivity index (χ2n) is 5.23. The Hall–Kier alpha value is -1.02. The monoisotopic (exact) mass is 346 g/mol. The molecule has 3 atom stereocenters. The van der Waals surface area contributed by atoms with E-state index in [-0.39, 0.29) is 24.9 Å². The van der Waals surface area contributed by atoms with Crippen molar-refractivity contribution in [3.63, 3.8) is 0 Å². The number of hydrogen-bond donors (Lipinski definition) is 1. The molecule has 0 aromatic rings. The molecular weight excluding hydrogens is 325 g/mol. The molecule has 0 aromatic carbocycles. The number of likely N-dealkylation sites (tertiary alicyclic amines) is 1. The van der Waals surface area contributed by atoms with E-state index < -0.39 is 36.6 Å². The average Bonchev–Trinajstić information content (AvgIpc) is 2.84. The molecule has 0 saturated carbocycles. The number of carbonyl (C=O) groups excluding carboxylic acids is 1. The van der Waals surface area contributed by atoms with Crippen molar-refractivity contribution in [2.75, 3.05) is 26.2 Å². The molecule has 0 spiro atoms. The highest BCUT2D eigenvalue weighted by molar-refractivity contribution is 5.85. The first-order chi connectivity index (χ1) is 9.63. The van der Waals surface area contributed by atoms with Gasteiger partial charge < -0.3 is 10.0 Å². The van der Waals surface area contributed by atoms with Gasteiger partial charge in [-0.25, -0.2) is 0 Å². The molecule has 1 aliphatic rings. The van der Waals surface area contributed by atoms with Crippen molar-refractivity contribution in [1.82, 2.24) is 9.80 Å². The number of likely N-dealkylation sites (N-methyl/N-ethyl adjacent to an activating group) is 1. The van der Waals surface area contributed by atoms with E-state index in [4.69, 9.17) is 5.11 Å². The van der Waals surface area contributed by atoms with Gasteiger partial charge in [-0.1, -0.05) is 0 Å². The number of carboxylic acids is 1. The molecule has 22 heavy (non-hydrogen) atoms. The van der Waals surface area contributed by atoms with Gasteiger partial charge in [-0.15, -0.1) is 12.4 Å². The van der Waals surface area contributed by atoms with Gasteiger partial charge in [-0.2, -0.15) is 13.2 Å². The summed E-state index contributed by atoms with van der Waals surface area (Å²) in [6.45, 7) is 5.34. The SMILES string of the molecule is CCN(CC)C(=O)C(C)N1C[C@@H](C(F)(F)F)[C@H](C(=O)O)C1.Cl. The summed E-state index contributed by atoms with van der Waals surface area (Å²) < 4.78 is 38.7. The van der Waals surface area contributed by atoms with E-state index in [0.717, 1.165) is 0 Å². The van der Waals surface area contributed by atoms with Gasteiger partial charge in [0.2, 0.25) is 5.91 Å². The normalized spacial score (nSPS) is 23.7. The van der Waals surface area contributed by atoms with E-state index in [2.05, 4.69) is 0 Å². The van der Waals surface area contributed by atoms with Crippen molar-refractivity contribution in [2.24, 2.45) is 11.8 Å². The van der Waals surface area contributed by atoms with Crippen LogP contribution in [-0.4, -0.2) is 65.2 Å². The molecule has 1 N–H and O–H groups in total. The summed E-state index contributed by atoms with van der Waals surface area (Å²) in [6.07, 6.45) is -4.57. The standard InChI is InChI=1S/C13H21F3N2O3.ClH/c1-4-17(5-2)11(19)8(3)18-6-9(12(20)21)10(7-18)13(14,15)16;/h8-10H,4-7H2,1-3H3,(H,20,21);1H/t8?,9-,10-;/m1./s1. The predicted molar refractivity (Wildman–Crippen MR) is 76.9 cm³/mol. The lowest BCUT2D eigenvalue weighted by Crippen LogP contribution is -2.46. The topological polar surface area (TPSA) is 60.9 Å². The lowest BCUT2D eigenvalue weighted by Gasteiger charge is -2.29. The Bertz CT molecular complexity index is 402. The summed E-state index contributed by atoms with van der Waals surface area (Å²) in [5, 5.41) is 8.96. The average molecular weight is 347 g/mol. The quantitative estimate of drug-likeness (QED) is 0.825. The number of amides is 1. The number of alkyl halides is 3. The Morgan fingerprint density at radius 1 is 1.27 bits per heavy atom. The smallest absolute Gasteiger partial charge is 0.393 e. The van der Waals surface area contributed by atoms with Crippen LogP contribution in [0.2, 0.25) is 0 Å². The summed E-state index contributed by atoms with van der Waals surface area (Å²) in [5.74, 6) is -5.19. The molecular formula is C13H22ClF3N2O3. The molecule has 1 saturated heterocycles. The van der Waals surface area contributed by atoms with Crippen molar-refractivity contribution in [3.05, 3.63) is 0 Å². The lowest BCUT2D eigenvalue weighted by molar-refractivity contribution is -0.188. The Balaban J connectivity index is 0.00000441. The second-order valence-corrected chi connectivity index (χ2v) is 5.23. The molecule has 0 aliphatic carbocycles. The summed E-state index contributed by atoms with van der Waals surface area (Å²) >= 11 is 0. The van der Waals surface area contributed by atoms with E-state index in [1.165, 1.54) is 16.7 Å². The second kappa shape index (κ2) is 8.01. The molecule has 0 aromatic heterocycles. The first-order valence-electron chi connectivity index (χ1n) is 6.95. The zero-order valence-electron chi connectivity index (χ0n) is 12.8. The van der Waals surface area contributed by atoms with Crippen LogP contribution in [0.15, 0.2) is 0 Å². The van der Waals surface area contributed by atoms with Gasteiger partial charge >= 0.3 is 12.1 Å². The van der Waals surface area contributed by atoms with Gasteiger partial charge in [-0.3, -0.25) is 14.5 Å². The Labute approximate surface area is 133 Å². The first kappa shape index (κ1) is 21.0. The molecule has 9 heteroatoms. The van der Waals surface area contributed by atoms with Gasteiger partial charge in [0, 0.05) is 26.2 Å². The fourth-order valence-corrected chi connectivity index (χ4v) is 2.69. The molecule has 1 aliphatic heterocycles. The van der Waals surface area contributed by atoms with Crippen LogP contribution in [0.25, 0.3) is 0 Å². The Morgan fingerprint density at radius 3 is 2.09 bits per heavy atom. The highest BCUT2D eigenvalue weighted by Crippen LogP contribution is 2.38. The minimum Gasteiger partial charge on any atom is -0.481 e. The van der Waals surface area contributed by atoms with E-state index in [1.54, 1.807) is 13.8 Å². The minimum atomic E-state index is -4.57. The summed E-state index contributed by atoms with van der Waals surface area (Å²) in [6, 6.07) is -0.751. The van der Waals surface area contributed by atoms with Crippen molar-refractivity contribution < 1.29 is 27.9 Å². The molecule has 1 heterocycles. The van der Waals surface area contributed by atoms with Crippen LogP contribution in [0.4, 0.5) is 13.2 Å². The van der Waals surface area contributed by atoms with Crippen molar-refractivity contribution >= 4 is 24.3 Å². The van der Waals surface area contributed by atoms with E-state index in [0.29, 0.717) is 13.1 Å². The van der Waals surface area contributed by atoms with Gasteiger partial charge in [0.1, 0.15) is 0 Å². The predicted octanol–water partition coefficient (Wildman–Crippen LogP) is 1.86. The first-order valence-corrected chi connectivity index (χ1v) is 6.95. The fraction of sp³-hybridized carbons (Fsp3) is 0.846. The van der Waals surface area contributed by atoms with E-state index in [9.17, 15) is 22.8 Å². The molecule has 0 radical (unpaired) electrons. The number of halogens is 4. The molecule has 1 amide bonds. The van der Waals surface area contributed by atoms with Gasteiger partial charge in [0.05, 0.1) is 17.9 Å². The molecule has 1 fully saturated rings. The molecule has 5 nitrogen and oxygen atoms in total. The third-order valence-corrected chi connectivity index (χ3v) is 4.07. The van der Waals surface area contributed by atoms with Crippen LogP contribution in [-0.2, 0) is 9.59 Å². The largest absolute Gasteiger partial charge is 0.481 e. The fourth-order valence-electron chi connectivity index (χ4n) is 2.69. The maximum atomic E-state index is 12.9. The highest BCUT2D eigenvalue weighted by atomic mass is 35.5. The van der Waals surface area contributed by atoms with Crippen molar-refractivity contribution in [1.29, 1.82) is 0 Å². The zero-order chi connectivity index (χ0) is 16.4. The van der Waals surface area contributed by atoms with Crippen LogP contribution in [0.5, 0.6) is 0 Å². The number of carboxylic acid groups (broad SMARTS) is 1. The summed E-state index contributed by atoms with van der Waals surface area (Å²) in [7, 11) is 0. The van der Waals surface area contributed by atoms with Crippen LogP contribution < -0.4 is 0 Å². The van der Waals surface area contributed by atoms with E-state index in [1.807, 2.05) is 0 Å². The van der Waals surface area contributed by atoms with Crippen molar-refractivity contribution in [2.45, 2.75) is 33.0 Å². The maximum absolute atomic E-state index is 12.9. The molecule has 1 unspecified atom stereocenters. The van der Waals surface area contributed by atoms with E-state index >= 15 is 0 Å². The van der Waals surface area contributed by atoms with Gasteiger partial charge in [0.15, 0.2) is 0 Å². The number of rotatable bonds is 5. The Kier molecular flexibility index (Phi) is 7.64. The third-order valence-electron chi connectivity index (χ3n) is 4.07. The number of aliphatic carboxylic acids is 1. The van der Waals surface area contributed by atoms with Crippen LogP contribution in [0.1, 0.15) is 20.8 Å². The summed E-state index contributed by atoms with van der Waals surface area (Å²) in [4.78, 5) is 26.0. The molecule has 1 rings (SSSR count). The Morgan fingerprint density at radius 2 is 1.77 bits per heavy atom. The maximum Gasteiger partial charge on any atom is 0.393 e. The van der Waals surface area contributed by atoms with Crippen LogP contribution in [0, 0.1) is 11.8 Å². The lowest BCUT2D eigenvalue weighted by atomic mass is 9.96. The molecule has 130 valence electrons. The number of nitrogens with zero attached hydrogens (tertiary/aromatic N) is 2. The van der Waals surface area contributed by atoms with Gasteiger partial charge in [0.25, 0.3) is 0 Å². The highest BCUT2D eigenvalue weighted by Gasteiger charge is 2.53. The molecule has 0 bridgehead atoms. The van der Waals surface area contributed by atoms with Crippen molar-refractivity contribution in [3.8, 4) is 0 Å². The zero-order valence-corrected chi connectivity index (χ0v) is 13.6. The van der Waals surface area contributed by atoms with Crippen LogP contribution >= 0.6 is 12.4 Å². The minimum absolute atomic E-state index is 0. The number of hydrogen-bond acceptors (Lipinski definition) is 3. The summed E-state index contributed by atoms with van der Waals surface area (Å²) in [5.41, 5.74) is 0. The third kappa shape index (κ3) is 4.49. The number of carbonyl (C=O) groups is 2. The van der Waals surface area contributed by atoms with Crippen LogP contribution in [0.3, 0.4) is 0 Å². The van der Waals surface area contributed by atoms with Gasteiger partial charge in [-0.05, 0) is 20.8 Å².